The highest BCUT2D eigenvalue weighted by Gasteiger charge is 2.37. The summed E-state index contributed by atoms with van der Waals surface area (Å²) < 4.78 is 10.7. The van der Waals surface area contributed by atoms with Gasteiger partial charge >= 0.3 is 0 Å². The highest BCUT2D eigenvalue weighted by molar-refractivity contribution is 6.01. The van der Waals surface area contributed by atoms with Crippen LogP contribution in [0.15, 0.2) is 42.5 Å². The summed E-state index contributed by atoms with van der Waals surface area (Å²) in [5.74, 6) is 0.643. The summed E-state index contributed by atoms with van der Waals surface area (Å²) in [6, 6.07) is 13.5. The van der Waals surface area contributed by atoms with E-state index in [1.807, 2.05) is 12.1 Å². The van der Waals surface area contributed by atoms with Gasteiger partial charge in [-0.1, -0.05) is 18.2 Å². The van der Waals surface area contributed by atoms with Crippen molar-refractivity contribution in [2.75, 3.05) is 25.7 Å². The van der Waals surface area contributed by atoms with Crippen molar-refractivity contribution in [1.82, 2.24) is 10.3 Å². The van der Waals surface area contributed by atoms with E-state index in [4.69, 9.17) is 9.47 Å². The zero-order chi connectivity index (χ0) is 22.2. The average molecular weight is 434 g/mol. The summed E-state index contributed by atoms with van der Waals surface area (Å²) in [7, 11) is 3.14. The molecule has 7 heteroatoms. The zero-order valence-corrected chi connectivity index (χ0v) is 18.3. The van der Waals surface area contributed by atoms with Crippen molar-refractivity contribution in [2.24, 2.45) is 5.92 Å². The van der Waals surface area contributed by atoms with Gasteiger partial charge in [0.1, 0.15) is 11.5 Å². The standard InChI is InChI=1S/C25H27N3O4/c1-31-16-10-11-21(22(13-16)32-2)28-14-15(12-23(28)29)25(30)27-20-9-5-7-18-17-6-3-4-8-19(17)26-24(18)20/h3-4,6,8,10-11,13,15,20,26H,5,7,9,12,14H2,1-2H3,(H,27,30)/t15-,20+/m1/s1. The molecule has 1 saturated heterocycles. The second kappa shape index (κ2) is 8.22. The molecule has 5 rings (SSSR count). The number of aromatic amines is 1. The van der Waals surface area contributed by atoms with E-state index in [9.17, 15) is 9.59 Å². The van der Waals surface area contributed by atoms with Crippen LogP contribution in [0.3, 0.4) is 0 Å². The van der Waals surface area contributed by atoms with Gasteiger partial charge in [-0.15, -0.1) is 0 Å². The van der Waals surface area contributed by atoms with Crippen LogP contribution in [0.25, 0.3) is 10.9 Å². The number of hydrogen-bond donors (Lipinski definition) is 2. The monoisotopic (exact) mass is 433 g/mol. The van der Waals surface area contributed by atoms with Crippen molar-refractivity contribution >= 4 is 28.4 Å². The topological polar surface area (TPSA) is 83.7 Å². The van der Waals surface area contributed by atoms with E-state index < -0.39 is 5.92 Å². The Morgan fingerprint density at radius 2 is 2.00 bits per heavy atom. The van der Waals surface area contributed by atoms with Gasteiger partial charge in [0.15, 0.2) is 0 Å². The summed E-state index contributed by atoms with van der Waals surface area (Å²) in [5.41, 5.74) is 4.16. The van der Waals surface area contributed by atoms with Gasteiger partial charge in [-0.05, 0) is 43.0 Å². The lowest BCUT2D eigenvalue weighted by Crippen LogP contribution is -2.37. The first kappa shape index (κ1) is 20.4. The van der Waals surface area contributed by atoms with Gasteiger partial charge in [-0.25, -0.2) is 0 Å². The molecule has 0 unspecified atom stereocenters. The minimum absolute atomic E-state index is 0.0571. The third kappa shape index (κ3) is 3.47. The molecule has 3 aromatic rings. The fourth-order valence-corrected chi connectivity index (χ4v) is 4.97. The van der Waals surface area contributed by atoms with Gasteiger partial charge in [0.05, 0.1) is 31.9 Å². The van der Waals surface area contributed by atoms with E-state index in [1.165, 1.54) is 10.9 Å². The Hall–Kier alpha value is -3.48. The number of aromatic nitrogens is 1. The first-order valence-electron chi connectivity index (χ1n) is 11.0. The van der Waals surface area contributed by atoms with Crippen LogP contribution in [0.1, 0.15) is 36.6 Å². The molecule has 32 heavy (non-hydrogen) atoms. The van der Waals surface area contributed by atoms with Crippen LogP contribution in [0.2, 0.25) is 0 Å². The van der Waals surface area contributed by atoms with E-state index in [2.05, 4.69) is 22.4 Å². The maximum Gasteiger partial charge on any atom is 0.227 e. The van der Waals surface area contributed by atoms with E-state index in [0.29, 0.717) is 23.7 Å². The molecule has 1 aromatic heterocycles. The lowest BCUT2D eigenvalue weighted by atomic mass is 9.91. The number of nitrogens with one attached hydrogen (secondary N) is 2. The van der Waals surface area contributed by atoms with Crippen molar-refractivity contribution < 1.29 is 19.1 Å². The molecular formula is C25H27N3O4. The predicted octanol–water partition coefficient (Wildman–Crippen LogP) is 3.73. The van der Waals surface area contributed by atoms with Crippen molar-refractivity contribution in [3.8, 4) is 11.5 Å². The summed E-state index contributed by atoms with van der Waals surface area (Å²) in [6.45, 7) is 0.333. The second-order valence-corrected chi connectivity index (χ2v) is 8.46. The van der Waals surface area contributed by atoms with Gasteiger partial charge in [-0.3, -0.25) is 9.59 Å². The Morgan fingerprint density at radius 3 is 2.81 bits per heavy atom. The van der Waals surface area contributed by atoms with Crippen LogP contribution in [0, 0.1) is 5.92 Å². The SMILES string of the molecule is COc1ccc(N2C[C@H](C(=O)N[C@H]3CCCc4c3[nH]c3ccccc43)CC2=O)c(OC)c1. The molecule has 2 N–H and O–H groups in total. The van der Waals surface area contributed by atoms with Crippen molar-refractivity contribution in [3.63, 3.8) is 0 Å². The molecule has 0 bridgehead atoms. The third-order valence-electron chi connectivity index (χ3n) is 6.60. The molecule has 2 aromatic carbocycles. The highest BCUT2D eigenvalue weighted by atomic mass is 16.5. The zero-order valence-electron chi connectivity index (χ0n) is 18.3. The number of methoxy groups -OCH3 is 2. The molecular weight excluding hydrogens is 406 g/mol. The summed E-state index contributed by atoms with van der Waals surface area (Å²) in [5, 5.41) is 4.45. The number of H-pyrrole nitrogens is 1. The molecule has 0 spiro atoms. The Kier molecular flexibility index (Phi) is 5.25. The molecule has 1 aliphatic heterocycles. The molecule has 166 valence electrons. The van der Waals surface area contributed by atoms with Crippen molar-refractivity contribution in [3.05, 3.63) is 53.7 Å². The normalized spacial score (nSPS) is 20.3. The number of rotatable bonds is 5. The molecule has 2 atom stereocenters. The van der Waals surface area contributed by atoms with E-state index in [0.717, 1.165) is 30.5 Å². The average Bonchev–Trinajstić information content (AvgIpc) is 3.40. The van der Waals surface area contributed by atoms with Crippen LogP contribution in [-0.4, -0.2) is 37.6 Å². The summed E-state index contributed by atoms with van der Waals surface area (Å²) >= 11 is 0. The van der Waals surface area contributed by atoms with E-state index in [-0.39, 0.29) is 24.3 Å². The molecule has 0 radical (unpaired) electrons. The Morgan fingerprint density at radius 1 is 1.16 bits per heavy atom. The number of fused-ring (bicyclic) bond motifs is 3. The predicted molar refractivity (Wildman–Crippen MR) is 122 cm³/mol. The smallest absolute Gasteiger partial charge is 0.227 e. The van der Waals surface area contributed by atoms with Gasteiger partial charge in [0.2, 0.25) is 11.8 Å². The number of anilines is 1. The van der Waals surface area contributed by atoms with Gasteiger partial charge < -0.3 is 24.7 Å². The number of ether oxygens (including phenoxy) is 2. The summed E-state index contributed by atoms with van der Waals surface area (Å²) in [4.78, 5) is 31.1. The minimum Gasteiger partial charge on any atom is -0.497 e. The third-order valence-corrected chi connectivity index (χ3v) is 6.60. The maximum absolute atomic E-state index is 13.2. The fourth-order valence-electron chi connectivity index (χ4n) is 4.97. The Balaban J connectivity index is 1.33. The Bertz CT molecular complexity index is 1190. The number of amides is 2. The molecule has 1 fully saturated rings. The number of benzene rings is 2. The Labute approximate surface area is 186 Å². The van der Waals surface area contributed by atoms with Gasteiger partial charge in [0.25, 0.3) is 0 Å². The lowest BCUT2D eigenvalue weighted by molar-refractivity contribution is -0.127. The highest BCUT2D eigenvalue weighted by Crippen LogP contribution is 2.37. The number of aryl methyl sites for hydroxylation is 1. The minimum atomic E-state index is -0.399. The molecule has 2 heterocycles. The van der Waals surface area contributed by atoms with Crippen molar-refractivity contribution in [1.29, 1.82) is 0 Å². The molecule has 2 aliphatic rings. The molecule has 7 nitrogen and oxygen atoms in total. The first-order chi connectivity index (χ1) is 15.6. The van der Waals surface area contributed by atoms with E-state index in [1.54, 1.807) is 37.3 Å². The fraction of sp³-hybridized carbons (Fsp3) is 0.360. The second-order valence-electron chi connectivity index (χ2n) is 8.46. The number of hydrogen-bond acceptors (Lipinski definition) is 4. The van der Waals surface area contributed by atoms with Crippen LogP contribution in [0.4, 0.5) is 5.69 Å². The van der Waals surface area contributed by atoms with Crippen molar-refractivity contribution in [2.45, 2.75) is 31.7 Å². The number of para-hydroxylation sites is 1. The van der Waals surface area contributed by atoms with Crippen LogP contribution < -0.4 is 19.7 Å². The van der Waals surface area contributed by atoms with Gasteiger partial charge in [-0.2, -0.15) is 0 Å². The number of nitrogens with zero attached hydrogens (tertiary/aromatic N) is 1. The van der Waals surface area contributed by atoms with Crippen LogP contribution in [-0.2, 0) is 16.0 Å². The largest absolute Gasteiger partial charge is 0.497 e. The van der Waals surface area contributed by atoms with Crippen LogP contribution in [0.5, 0.6) is 11.5 Å². The van der Waals surface area contributed by atoms with Crippen LogP contribution >= 0.6 is 0 Å². The first-order valence-corrected chi connectivity index (χ1v) is 11.0. The maximum atomic E-state index is 13.2. The number of carbonyl (C=O) groups is 2. The lowest BCUT2D eigenvalue weighted by Gasteiger charge is -2.25. The summed E-state index contributed by atoms with van der Waals surface area (Å²) in [6.07, 6.45) is 3.12. The quantitative estimate of drug-likeness (QED) is 0.642. The van der Waals surface area contributed by atoms with Gasteiger partial charge in [0, 0.05) is 35.6 Å². The molecule has 0 saturated carbocycles. The molecule has 2 amide bonds. The van der Waals surface area contributed by atoms with E-state index >= 15 is 0 Å². The number of carbonyl (C=O) groups excluding carboxylic acids is 2. The molecule has 1 aliphatic carbocycles.